The second-order valence-corrected chi connectivity index (χ2v) is 7.33. The van der Waals surface area contributed by atoms with Crippen molar-refractivity contribution in [2.75, 3.05) is 0 Å². The van der Waals surface area contributed by atoms with Gasteiger partial charge in [0.25, 0.3) is 0 Å². The molecule has 0 amide bonds. The normalized spacial score (nSPS) is 10.8. The van der Waals surface area contributed by atoms with Gasteiger partial charge in [0, 0.05) is 16.7 Å². The van der Waals surface area contributed by atoms with E-state index in [2.05, 4.69) is 85.4 Å². The standard InChI is InChI=1S/C29H21N/c1-21(30-29(22-12-4-2-5-13-22)23-14-6-3-7-15-23)28-20-24-16-8-9-17-25(24)26-18-10-11-19-27(26)28/h2-20H,1H2. The maximum atomic E-state index is 5.07. The van der Waals surface area contributed by atoms with Gasteiger partial charge in [0.2, 0.25) is 0 Å². The van der Waals surface area contributed by atoms with E-state index < -0.39 is 0 Å². The van der Waals surface area contributed by atoms with Crippen molar-refractivity contribution < 1.29 is 0 Å². The summed E-state index contributed by atoms with van der Waals surface area (Å²) in [5.74, 6) is 0. The first-order chi connectivity index (χ1) is 14.8. The number of aliphatic imine (C=N–C) groups is 1. The smallest absolute Gasteiger partial charge is 0.0781 e. The molecule has 1 nitrogen and oxygen atoms in total. The van der Waals surface area contributed by atoms with Gasteiger partial charge >= 0.3 is 0 Å². The lowest BCUT2D eigenvalue weighted by Gasteiger charge is -2.13. The fraction of sp³-hybridized carbons (Fsp3) is 0. The Morgan fingerprint density at radius 2 is 1.03 bits per heavy atom. The summed E-state index contributed by atoms with van der Waals surface area (Å²) in [7, 11) is 0. The second-order valence-electron chi connectivity index (χ2n) is 7.33. The number of fused-ring (bicyclic) bond motifs is 3. The number of hydrogen-bond donors (Lipinski definition) is 0. The van der Waals surface area contributed by atoms with E-state index in [1.165, 1.54) is 21.5 Å². The van der Waals surface area contributed by atoms with Crippen molar-refractivity contribution >= 4 is 33.0 Å². The zero-order valence-electron chi connectivity index (χ0n) is 16.6. The fourth-order valence-corrected chi connectivity index (χ4v) is 3.98. The molecule has 0 heterocycles. The molecule has 5 rings (SSSR count). The Morgan fingerprint density at radius 3 is 1.67 bits per heavy atom. The van der Waals surface area contributed by atoms with E-state index in [1.807, 2.05) is 36.4 Å². The van der Waals surface area contributed by atoms with Crippen LogP contribution in [0.1, 0.15) is 16.7 Å². The van der Waals surface area contributed by atoms with E-state index >= 15 is 0 Å². The van der Waals surface area contributed by atoms with Crippen LogP contribution < -0.4 is 0 Å². The Kier molecular flexibility index (Phi) is 4.71. The lowest BCUT2D eigenvalue weighted by atomic mass is 9.95. The quantitative estimate of drug-likeness (QED) is 0.225. The molecule has 5 aromatic rings. The Morgan fingerprint density at radius 1 is 0.533 bits per heavy atom. The van der Waals surface area contributed by atoms with Crippen LogP contribution in [0, 0.1) is 0 Å². The second kappa shape index (κ2) is 7.81. The van der Waals surface area contributed by atoms with Crippen LogP contribution in [0.2, 0.25) is 0 Å². The highest BCUT2D eigenvalue weighted by Crippen LogP contribution is 2.33. The van der Waals surface area contributed by atoms with Crippen molar-refractivity contribution in [1.82, 2.24) is 0 Å². The molecule has 0 aromatic heterocycles. The van der Waals surface area contributed by atoms with Crippen LogP contribution in [0.4, 0.5) is 0 Å². The minimum absolute atomic E-state index is 0.764. The van der Waals surface area contributed by atoms with Gasteiger partial charge in [-0.2, -0.15) is 0 Å². The highest BCUT2D eigenvalue weighted by atomic mass is 14.8. The maximum absolute atomic E-state index is 5.07. The average Bonchev–Trinajstić information content (AvgIpc) is 2.83. The molecule has 0 saturated carbocycles. The molecule has 0 radical (unpaired) electrons. The Labute approximate surface area is 176 Å². The van der Waals surface area contributed by atoms with Gasteiger partial charge in [-0.1, -0.05) is 116 Å². The number of nitrogens with zero attached hydrogens (tertiary/aromatic N) is 1. The largest absolute Gasteiger partial charge is 0.248 e. The van der Waals surface area contributed by atoms with Gasteiger partial charge in [-0.25, -0.2) is 4.99 Å². The van der Waals surface area contributed by atoms with Crippen LogP contribution in [0.15, 0.2) is 127 Å². The summed E-state index contributed by atoms with van der Waals surface area (Å²) >= 11 is 0. The predicted molar refractivity (Wildman–Crippen MR) is 129 cm³/mol. The summed E-state index contributed by atoms with van der Waals surface area (Å²) in [5.41, 5.74) is 4.91. The lowest BCUT2D eigenvalue weighted by Crippen LogP contribution is -2.03. The first kappa shape index (κ1) is 18.1. The fourth-order valence-electron chi connectivity index (χ4n) is 3.98. The third kappa shape index (κ3) is 3.31. The molecular weight excluding hydrogens is 362 g/mol. The Balaban J connectivity index is 1.73. The van der Waals surface area contributed by atoms with Gasteiger partial charge in [0.05, 0.1) is 11.4 Å². The van der Waals surface area contributed by atoms with Crippen molar-refractivity contribution in [3.05, 3.63) is 139 Å². The van der Waals surface area contributed by atoms with Crippen molar-refractivity contribution in [1.29, 1.82) is 0 Å². The summed E-state index contributed by atoms with van der Waals surface area (Å²) < 4.78 is 0. The summed E-state index contributed by atoms with van der Waals surface area (Å²) in [5, 5.41) is 4.84. The van der Waals surface area contributed by atoms with E-state index in [-0.39, 0.29) is 0 Å². The van der Waals surface area contributed by atoms with Crippen LogP contribution in [-0.2, 0) is 0 Å². The Bertz CT molecular complexity index is 1340. The molecule has 0 bridgehead atoms. The first-order valence-corrected chi connectivity index (χ1v) is 10.1. The molecule has 5 aromatic carbocycles. The minimum Gasteiger partial charge on any atom is -0.248 e. The van der Waals surface area contributed by atoms with E-state index in [0.717, 1.165) is 28.1 Å². The molecule has 30 heavy (non-hydrogen) atoms. The SMILES string of the molecule is C=C(N=C(c1ccccc1)c1ccccc1)c1cc2ccccc2c2ccccc12. The molecule has 0 unspecified atom stereocenters. The number of rotatable bonds is 4. The average molecular weight is 383 g/mol. The van der Waals surface area contributed by atoms with Crippen molar-refractivity contribution in [2.45, 2.75) is 0 Å². The van der Waals surface area contributed by atoms with Gasteiger partial charge < -0.3 is 0 Å². The van der Waals surface area contributed by atoms with Crippen LogP contribution in [0.5, 0.6) is 0 Å². The summed E-state index contributed by atoms with van der Waals surface area (Å²) in [6.07, 6.45) is 0. The molecule has 0 fully saturated rings. The molecule has 0 saturated heterocycles. The van der Waals surface area contributed by atoms with E-state index in [0.29, 0.717) is 0 Å². The van der Waals surface area contributed by atoms with E-state index in [4.69, 9.17) is 4.99 Å². The van der Waals surface area contributed by atoms with E-state index in [1.54, 1.807) is 0 Å². The first-order valence-electron chi connectivity index (χ1n) is 10.1. The Hall–Kier alpha value is -3.97. The molecule has 1 heteroatoms. The van der Waals surface area contributed by atoms with Crippen LogP contribution in [0.25, 0.3) is 27.2 Å². The molecular formula is C29H21N. The van der Waals surface area contributed by atoms with Crippen LogP contribution in [-0.4, -0.2) is 5.71 Å². The highest BCUT2D eigenvalue weighted by Gasteiger charge is 2.11. The molecule has 0 aliphatic heterocycles. The maximum Gasteiger partial charge on any atom is 0.0781 e. The number of benzene rings is 5. The third-order valence-corrected chi connectivity index (χ3v) is 5.42. The van der Waals surface area contributed by atoms with Crippen molar-refractivity contribution in [3.8, 4) is 0 Å². The molecule has 0 spiro atoms. The zero-order chi connectivity index (χ0) is 20.3. The highest BCUT2D eigenvalue weighted by molar-refractivity contribution is 6.16. The predicted octanol–water partition coefficient (Wildman–Crippen LogP) is 7.50. The summed E-state index contributed by atoms with van der Waals surface area (Å²) in [6.45, 7) is 4.39. The molecule has 142 valence electrons. The monoisotopic (exact) mass is 383 g/mol. The van der Waals surface area contributed by atoms with Gasteiger partial charge in [-0.15, -0.1) is 0 Å². The van der Waals surface area contributed by atoms with Gasteiger partial charge in [0.15, 0.2) is 0 Å². The summed E-state index contributed by atoms with van der Waals surface area (Å²) in [6, 6.07) is 39.8. The van der Waals surface area contributed by atoms with Crippen molar-refractivity contribution in [2.24, 2.45) is 4.99 Å². The molecule has 0 aliphatic carbocycles. The molecule has 0 atom stereocenters. The van der Waals surface area contributed by atoms with Gasteiger partial charge in [-0.3, -0.25) is 0 Å². The molecule has 0 N–H and O–H groups in total. The summed E-state index contributed by atoms with van der Waals surface area (Å²) in [4.78, 5) is 5.07. The minimum atomic E-state index is 0.764. The topological polar surface area (TPSA) is 12.4 Å². The van der Waals surface area contributed by atoms with Crippen LogP contribution in [0.3, 0.4) is 0 Å². The number of hydrogen-bond acceptors (Lipinski definition) is 1. The van der Waals surface area contributed by atoms with Crippen molar-refractivity contribution in [3.63, 3.8) is 0 Å². The lowest BCUT2D eigenvalue weighted by molar-refractivity contribution is 1.50. The third-order valence-electron chi connectivity index (χ3n) is 5.42. The van der Waals surface area contributed by atoms with Crippen LogP contribution >= 0.6 is 0 Å². The van der Waals surface area contributed by atoms with E-state index in [9.17, 15) is 0 Å². The zero-order valence-corrected chi connectivity index (χ0v) is 16.6. The van der Waals surface area contributed by atoms with Gasteiger partial charge in [0.1, 0.15) is 0 Å². The molecule has 0 aliphatic rings. The van der Waals surface area contributed by atoms with Gasteiger partial charge in [-0.05, 0) is 27.6 Å².